The molecule has 3 aromatic carbocycles. The third kappa shape index (κ3) is 6.38. The van der Waals surface area contributed by atoms with Crippen molar-refractivity contribution in [1.29, 1.82) is 0 Å². The van der Waals surface area contributed by atoms with Crippen LogP contribution >= 0.6 is 23.4 Å². The molecule has 4 rings (SSSR count). The van der Waals surface area contributed by atoms with Gasteiger partial charge in [0.15, 0.2) is 11.5 Å². The molecule has 0 unspecified atom stereocenters. The molecule has 0 radical (unpaired) electrons. The number of nitrogens with zero attached hydrogens (tertiary/aromatic N) is 1. The third-order valence-corrected chi connectivity index (χ3v) is 6.39. The lowest BCUT2D eigenvalue weighted by molar-refractivity contribution is -0.123. The number of ether oxygens (including phenoxy) is 3. The molecule has 0 N–H and O–H groups in total. The Hall–Kier alpha value is -3.42. The number of halogens is 1. The second kappa shape index (κ2) is 11.3. The Morgan fingerprint density at radius 3 is 2.51 bits per heavy atom. The molecule has 0 aromatic heterocycles. The molecule has 0 saturated carbocycles. The van der Waals surface area contributed by atoms with Crippen LogP contribution in [0.4, 0.5) is 4.79 Å². The molecule has 0 aliphatic carbocycles. The zero-order valence-electron chi connectivity index (χ0n) is 19.3. The average Bonchev–Trinajstić information content (AvgIpc) is 3.11. The Labute approximate surface area is 213 Å². The Kier molecular flexibility index (Phi) is 8.00. The van der Waals surface area contributed by atoms with E-state index in [4.69, 9.17) is 25.8 Å². The number of methoxy groups -OCH3 is 1. The van der Waals surface area contributed by atoms with Gasteiger partial charge in [0.25, 0.3) is 11.1 Å². The number of amides is 2. The molecular weight excluding hydrogens is 486 g/mol. The lowest BCUT2D eigenvalue weighted by Gasteiger charge is -2.13. The first-order valence-corrected chi connectivity index (χ1v) is 12.1. The van der Waals surface area contributed by atoms with Crippen LogP contribution in [0.3, 0.4) is 0 Å². The average molecular weight is 510 g/mol. The molecular formula is C27H24ClNO5S. The first kappa shape index (κ1) is 24.7. The van der Waals surface area contributed by atoms with Crippen LogP contribution < -0.4 is 14.2 Å². The Balaban J connectivity index is 1.39. The Bertz CT molecular complexity index is 1260. The fourth-order valence-corrected chi connectivity index (χ4v) is 4.49. The fraction of sp³-hybridized carbons (Fsp3) is 0.185. The summed E-state index contributed by atoms with van der Waals surface area (Å²) in [6.45, 7) is 2.73. The van der Waals surface area contributed by atoms with Gasteiger partial charge in [0, 0.05) is 5.02 Å². The van der Waals surface area contributed by atoms with Crippen molar-refractivity contribution in [2.45, 2.75) is 13.5 Å². The number of rotatable bonds is 9. The molecule has 0 atom stereocenters. The maximum atomic E-state index is 12.8. The van der Waals surface area contributed by atoms with Crippen molar-refractivity contribution in [2.24, 2.45) is 0 Å². The van der Waals surface area contributed by atoms with E-state index in [0.717, 1.165) is 28.5 Å². The number of carbonyl (C=O) groups is 2. The molecule has 35 heavy (non-hydrogen) atoms. The topological polar surface area (TPSA) is 65.1 Å². The highest BCUT2D eigenvalue weighted by Crippen LogP contribution is 2.34. The molecule has 1 heterocycles. The summed E-state index contributed by atoms with van der Waals surface area (Å²) in [4.78, 5) is 26.8. The normalized spacial score (nSPS) is 14.5. The van der Waals surface area contributed by atoms with Crippen LogP contribution in [0.25, 0.3) is 6.08 Å². The van der Waals surface area contributed by atoms with E-state index in [1.807, 2.05) is 55.5 Å². The SMILES string of the molecule is COc1cc(/C=C2\SC(=O)N(CCOc3ccc(C)cc3)C2=O)ccc1OCc1cccc(Cl)c1. The van der Waals surface area contributed by atoms with Gasteiger partial charge in [-0.05, 0) is 72.3 Å². The Morgan fingerprint density at radius 1 is 0.971 bits per heavy atom. The summed E-state index contributed by atoms with van der Waals surface area (Å²) in [5, 5.41) is 0.325. The summed E-state index contributed by atoms with van der Waals surface area (Å²) in [5.74, 6) is 1.44. The van der Waals surface area contributed by atoms with Gasteiger partial charge in [-0.2, -0.15) is 0 Å². The van der Waals surface area contributed by atoms with Gasteiger partial charge in [0.1, 0.15) is 19.0 Å². The maximum absolute atomic E-state index is 12.8. The van der Waals surface area contributed by atoms with Gasteiger partial charge in [0.05, 0.1) is 18.6 Å². The zero-order chi connectivity index (χ0) is 24.8. The quantitative estimate of drug-likeness (QED) is 0.313. The van der Waals surface area contributed by atoms with E-state index in [2.05, 4.69) is 0 Å². The van der Waals surface area contributed by atoms with Gasteiger partial charge in [-0.3, -0.25) is 14.5 Å². The number of aryl methyl sites for hydroxylation is 1. The van der Waals surface area contributed by atoms with Crippen molar-refractivity contribution >= 4 is 40.6 Å². The molecule has 180 valence electrons. The zero-order valence-corrected chi connectivity index (χ0v) is 20.9. The minimum Gasteiger partial charge on any atom is -0.493 e. The number of thioether (sulfide) groups is 1. The lowest BCUT2D eigenvalue weighted by Crippen LogP contribution is -2.32. The van der Waals surface area contributed by atoms with Crippen LogP contribution in [0.15, 0.2) is 71.6 Å². The van der Waals surface area contributed by atoms with E-state index >= 15 is 0 Å². The minimum atomic E-state index is -0.340. The minimum absolute atomic E-state index is 0.176. The van der Waals surface area contributed by atoms with Gasteiger partial charge < -0.3 is 14.2 Å². The van der Waals surface area contributed by atoms with E-state index in [1.165, 1.54) is 4.90 Å². The van der Waals surface area contributed by atoms with Crippen LogP contribution in [0.5, 0.6) is 17.2 Å². The number of imide groups is 1. The molecule has 6 nitrogen and oxygen atoms in total. The van der Waals surface area contributed by atoms with E-state index < -0.39 is 0 Å². The van der Waals surface area contributed by atoms with Crippen molar-refractivity contribution in [3.63, 3.8) is 0 Å². The van der Waals surface area contributed by atoms with Crippen LogP contribution in [0.1, 0.15) is 16.7 Å². The predicted molar refractivity (Wildman–Crippen MR) is 138 cm³/mol. The summed E-state index contributed by atoms with van der Waals surface area (Å²) in [6, 6.07) is 20.4. The van der Waals surface area contributed by atoms with Crippen molar-refractivity contribution in [2.75, 3.05) is 20.3 Å². The standard InChI is InChI=1S/C27H24ClNO5S/c1-18-6-9-22(10-7-18)33-13-12-29-26(30)25(35-27(29)31)16-19-8-11-23(24(15-19)32-2)34-17-20-4-3-5-21(28)14-20/h3-11,14-16H,12-13,17H2,1-2H3/b25-16-. The number of hydrogen-bond acceptors (Lipinski definition) is 6. The molecule has 3 aromatic rings. The fourth-order valence-electron chi connectivity index (χ4n) is 3.41. The van der Waals surface area contributed by atoms with Crippen molar-refractivity contribution in [3.8, 4) is 17.2 Å². The molecule has 1 aliphatic heterocycles. The predicted octanol–water partition coefficient (Wildman–Crippen LogP) is 6.35. The van der Waals surface area contributed by atoms with Crippen molar-refractivity contribution in [1.82, 2.24) is 4.90 Å². The first-order valence-electron chi connectivity index (χ1n) is 10.9. The molecule has 1 saturated heterocycles. The van der Waals surface area contributed by atoms with E-state index in [0.29, 0.717) is 33.8 Å². The van der Waals surface area contributed by atoms with Crippen LogP contribution in [-0.4, -0.2) is 36.3 Å². The van der Waals surface area contributed by atoms with E-state index in [-0.39, 0.29) is 24.3 Å². The first-order chi connectivity index (χ1) is 16.9. The molecule has 0 spiro atoms. The van der Waals surface area contributed by atoms with E-state index in [9.17, 15) is 9.59 Å². The van der Waals surface area contributed by atoms with Crippen LogP contribution in [-0.2, 0) is 11.4 Å². The largest absolute Gasteiger partial charge is 0.493 e. The van der Waals surface area contributed by atoms with Gasteiger partial charge in [-0.25, -0.2) is 0 Å². The van der Waals surface area contributed by atoms with Crippen molar-refractivity contribution < 1.29 is 23.8 Å². The summed E-state index contributed by atoms with van der Waals surface area (Å²) < 4.78 is 17.0. The van der Waals surface area contributed by atoms with Crippen molar-refractivity contribution in [3.05, 3.63) is 93.3 Å². The van der Waals surface area contributed by atoms with Gasteiger partial charge in [-0.1, -0.05) is 47.5 Å². The monoisotopic (exact) mass is 509 g/mol. The molecule has 0 bridgehead atoms. The summed E-state index contributed by atoms with van der Waals surface area (Å²) in [6.07, 6.45) is 1.68. The third-order valence-electron chi connectivity index (χ3n) is 5.25. The second-order valence-electron chi connectivity index (χ2n) is 7.82. The van der Waals surface area contributed by atoms with Crippen LogP contribution in [0.2, 0.25) is 5.02 Å². The maximum Gasteiger partial charge on any atom is 0.293 e. The molecule has 1 fully saturated rings. The van der Waals surface area contributed by atoms with Gasteiger partial charge >= 0.3 is 0 Å². The summed E-state index contributed by atoms with van der Waals surface area (Å²) in [7, 11) is 1.55. The second-order valence-corrected chi connectivity index (χ2v) is 9.25. The number of benzene rings is 3. The molecule has 1 aliphatic rings. The summed E-state index contributed by atoms with van der Waals surface area (Å²) >= 11 is 6.94. The number of hydrogen-bond donors (Lipinski definition) is 0. The van der Waals surface area contributed by atoms with Gasteiger partial charge in [-0.15, -0.1) is 0 Å². The Morgan fingerprint density at radius 2 is 1.77 bits per heavy atom. The molecule has 8 heteroatoms. The van der Waals surface area contributed by atoms with Gasteiger partial charge in [0.2, 0.25) is 0 Å². The lowest BCUT2D eigenvalue weighted by atomic mass is 10.1. The number of carbonyl (C=O) groups excluding carboxylic acids is 2. The highest BCUT2D eigenvalue weighted by Gasteiger charge is 2.34. The highest BCUT2D eigenvalue weighted by atomic mass is 35.5. The summed E-state index contributed by atoms with van der Waals surface area (Å²) in [5.41, 5.74) is 2.78. The molecule has 2 amide bonds. The van der Waals surface area contributed by atoms with E-state index in [1.54, 1.807) is 31.4 Å². The van der Waals surface area contributed by atoms with Crippen LogP contribution in [0, 0.1) is 6.92 Å². The highest BCUT2D eigenvalue weighted by molar-refractivity contribution is 8.18. The smallest absolute Gasteiger partial charge is 0.293 e.